The van der Waals surface area contributed by atoms with E-state index < -0.39 is 5.41 Å². The van der Waals surface area contributed by atoms with Crippen LogP contribution in [0.3, 0.4) is 0 Å². The van der Waals surface area contributed by atoms with Crippen LogP contribution < -0.4 is 10.6 Å². The largest absolute Gasteiger partial charge is 0.362 e. The molecule has 4 nitrogen and oxygen atoms in total. The molecule has 0 bridgehead atoms. The lowest BCUT2D eigenvalue weighted by Crippen LogP contribution is -2.38. The number of anilines is 1. The van der Waals surface area contributed by atoms with Gasteiger partial charge in [0.2, 0.25) is 5.91 Å². The molecule has 0 aromatic heterocycles. The summed E-state index contributed by atoms with van der Waals surface area (Å²) in [6.45, 7) is 2.03. The van der Waals surface area contributed by atoms with Gasteiger partial charge >= 0.3 is 0 Å². The number of para-hydroxylation sites is 1. The molecule has 1 fully saturated rings. The molecule has 1 saturated carbocycles. The van der Waals surface area contributed by atoms with Crippen LogP contribution in [0, 0.1) is 12.3 Å². The molecular formula is C20H21N3O. The molecular weight excluding hydrogens is 298 g/mol. The summed E-state index contributed by atoms with van der Waals surface area (Å²) >= 11 is 0. The molecule has 1 aliphatic carbocycles. The number of carbonyl (C=O) groups excluding carboxylic acids is 1. The first-order valence-corrected chi connectivity index (χ1v) is 8.06. The van der Waals surface area contributed by atoms with Crippen LogP contribution in [0.1, 0.15) is 24.0 Å². The highest BCUT2D eigenvalue weighted by molar-refractivity contribution is 6.07. The predicted molar refractivity (Wildman–Crippen MR) is 97.2 cm³/mol. The van der Waals surface area contributed by atoms with E-state index in [4.69, 9.17) is 5.41 Å². The van der Waals surface area contributed by atoms with Crippen molar-refractivity contribution in [2.24, 2.45) is 0 Å². The lowest BCUT2D eigenvalue weighted by Gasteiger charge is -2.17. The van der Waals surface area contributed by atoms with Gasteiger partial charge in [0.05, 0.1) is 5.41 Å². The number of aryl methyl sites for hydroxylation is 1. The molecule has 3 rings (SSSR count). The third kappa shape index (κ3) is 3.38. The predicted octanol–water partition coefficient (Wildman–Crippen LogP) is 3.75. The third-order valence-electron chi connectivity index (χ3n) is 4.37. The van der Waals surface area contributed by atoms with Crippen molar-refractivity contribution >= 4 is 17.4 Å². The Bertz CT molecular complexity index is 776. The molecule has 0 radical (unpaired) electrons. The summed E-state index contributed by atoms with van der Waals surface area (Å²) < 4.78 is 0. The van der Waals surface area contributed by atoms with Gasteiger partial charge in [0.15, 0.2) is 0 Å². The minimum atomic E-state index is -0.460. The lowest BCUT2D eigenvalue weighted by atomic mass is 9.91. The summed E-state index contributed by atoms with van der Waals surface area (Å²) in [5.74, 6) is -0.00514. The molecule has 122 valence electrons. The molecule has 2 aromatic carbocycles. The van der Waals surface area contributed by atoms with E-state index in [-0.39, 0.29) is 11.7 Å². The first-order chi connectivity index (χ1) is 11.6. The van der Waals surface area contributed by atoms with Crippen molar-refractivity contribution in [3.05, 3.63) is 78.0 Å². The average molecular weight is 319 g/mol. The Hall–Kier alpha value is -2.88. The van der Waals surface area contributed by atoms with Crippen molar-refractivity contribution in [2.75, 3.05) is 5.32 Å². The number of amidine groups is 1. The topological polar surface area (TPSA) is 65.0 Å². The molecule has 0 spiro atoms. The zero-order chi connectivity index (χ0) is 17.0. The summed E-state index contributed by atoms with van der Waals surface area (Å²) in [4.78, 5) is 12.6. The highest BCUT2D eigenvalue weighted by atomic mass is 16.2. The van der Waals surface area contributed by atoms with E-state index in [0.717, 1.165) is 29.7 Å². The van der Waals surface area contributed by atoms with Gasteiger partial charge in [0, 0.05) is 11.9 Å². The van der Waals surface area contributed by atoms with Gasteiger partial charge in [-0.3, -0.25) is 10.2 Å². The van der Waals surface area contributed by atoms with E-state index in [9.17, 15) is 4.79 Å². The molecule has 4 heteroatoms. The van der Waals surface area contributed by atoms with Gasteiger partial charge in [0.1, 0.15) is 5.84 Å². The summed E-state index contributed by atoms with van der Waals surface area (Å²) in [6.07, 6.45) is 4.88. The van der Waals surface area contributed by atoms with Gasteiger partial charge < -0.3 is 10.6 Å². The SMILES string of the molecule is Cc1ccccc1C1(C(=O)NC(=N)/C=C\Nc2ccccc2)CC1. The molecule has 0 saturated heterocycles. The average Bonchev–Trinajstić information content (AvgIpc) is 3.38. The van der Waals surface area contributed by atoms with E-state index >= 15 is 0 Å². The summed E-state index contributed by atoms with van der Waals surface area (Å²) in [7, 11) is 0. The second kappa shape index (κ2) is 6.71. The minimum Gasteiger partial charge on any atom is -0.362 e. The molecule has 0 heterocycles. The fourth-order valence-electron chi connectivity index (χ4n) is 2.89. The second-order valence-corrected chi connectivity index (χ2v) is 6.11. The van der Waals surface area contributed by atoms with E-state index in [2.05, 4.69) is 10.6 Å². The van der Waals surface area contributed by atoms with Crippen molar-refractivity contribution in [3.8, 4) is 0 Å². The van der Waals surface area contributed by atoms with Gasteiger partial charge in [-0.2, -0.15) is 0 Å². The third-order valence-corrected chi connectivity index (χ3v) is 4.37. The second-order valence-electron chi connectivity index (χ2n) is 6.11. The number of benzene rings is 2. The lowest BCUT2D eigenvalue weighted by molar-refractivity contribution is -0.122. The summed E-state index contributed by atoms with van der Waals surface area (Å²) in [5.41, 5.74) is 2.67. The van der Waals surface area contributed by atoms with Crippen LogP contribution in [0.4, 0.5) is 5.69 Å². The Morgan fingerprint density at radius 1 is 1.08 bits per heavy atom. The summed E-state index contributed by atoms with van der Waals surface area (Å²) in [5, 5.41) is 13.7. The van der Waals surface area contributed by atoms with Gasteiger partial charge in [0.25, 0.3) is 0 Å². The first kappa shape index (κ1) is 16.0. The zero-order valence-corrected chi connectivity index (χ0v) is 13.7. The van der Waals surface area contributed by atoms with Crippen molar-refractivity contribution in [3.63, 3.8) is 0 Å². The quantitative estimate of drug-likeness (QED) is 0.580. The molecule has 1 aliphatic rings. The van der Waals surface area contributed by atoms with Gasteiger partial charge in [-0.05, 0) is 49.1 Å². The van der Waals surface area contributed by atoms with E-state index in [0.29, 0.717) is 0 Å². The zero-order valence-electron chi connectivity index (χ0n) is 13.7. The normalized spacial score (nSPS) is 15.0. The highest BCUT2D eigenvalue weighted by Crippen LogP contribution is 2.49. The fourth-order valence-corrected chi connectivity index (χ4v) is 2.89. The highest BCUT2D eigenvalue weighted by Gasteiger charge is 2.51. The number of nitrogens with one attached hydrogen (secondary N) is 3. The van der Waals surface area contributed by atoms with Crippen molar-refractivity contribution in [2.45, 2.75) is 25.2 Å². The fraction of sp³-hybridized carbons (Fsp3) is 0.200. The Morgan fingerprint density at radius 2 is 1.75 bits per heavy atom. The van der Waals surface area contributed by atoms with Crippen LogP contribution in [-0.4, -0.2) is 11.7 Å². The van der Waals surface area contributed by atoms with Gasteiger partial charge in [-0.15, -0.1) is 0 Å². The minimum absolute atomic E-state index is 0.0864. The Labute approximate surface area is 142 Å². The van der Waals surface area contributed by atoms with Crippen LogP contribution in [0.5, 0.6) is 0 Å². The molecule has 1 amide bonds. The van der Waals surface area contributed by atoms with Crippen LogP contribution in [0.2, 0.25) is 0 Å². The Morgan fingerprint density at radius 3 is 2.42 bits per heavy atom. The maximum atomic E-state index is 12.6. The molecule has 0 aliphatic heterocycles. The van der Waals surface area contributed by atoms with Crippen LogP contribution >= 0.6 is 0 Å². The Kier molecular flexibility index (Phi) is 4.47. The molecule has 3 N–H and O–H groups in total. The van der Waals surface area contributed by atoms with E-state index in [1.54, 1.807) is 12.3 Å². The van der Waals surface area contributed by atoms with E-state index in [1.165, 1.54) is 0 Å². The molecule has 24 heavy (non-hydrogen) atoms. The van der Waals surface area contributed by atoms with Crippen molar-refractivity contribution in [1.29, 1.82) is 5.41 Å². The molecule has 2 aromatic rings. The molecule has 0 unspecified atom stereocenters. The van der Waals surface area contributed by atoms with Crippen molar-refractivity contribution < 1.29 is 4.79 Å². The van der Waals surface area contributed by atoms with Crippen molar-refractivity contribution in [1.82, 2.24) is 5.32 Å². The number of hydrogen-bond donors (Lipinski definition) is 3. The monoisotopic (exact) mass is 319 g/mol. The number of amides is 1. The molecule has 0 atom stereocenters. The van der Waals surface area contributed by atoms with Gasteiger partial charge in [-0.25, -0.2) is 0 Å². The number of rotatable bonds is 5. The van der Waals surface area contributed by atoms with Gasteiger partial charge in [-0.1, -0.05) is 42.5 Å². The maximum Gasteiger partial charge on any atom is 0.236 e. The smallest absolute Gasteiger partial charge is 0.236 e. The van der Waals surface area contributed by atoms with Crippen LogP contribution in [-0.2, 0) is 10.2 Å². The summed E-state index contributed by atoms with van der Waals surface area (Å²) in [6, 6.07) is 17.7. The maximum absolute atomic E-state index is 12.6. The standard InChI is InChI=1S/C20H21N3O/c1-15-7-5-6-10-17(15)20(12-13-20)19(24)23-18(21)11-14-22-16-8-3-2-4-9-16/h2-11,14,22H,12-13H2,1H3,(H2,21,23,24)/b14-11-. The first-order valence-electron chi connectivity index (χ1n) is 8.06. The number of hydrogen-bond acceptors (Lipinski definition) is 3. The Balaban J connectivity index is 1.61. The number of carbonyl (C=O) groups is 1. The van der Waals surface area contributed by atoms with E-state index in [1.807, 2.05) is 61.5 Å². The van der Waals surface area contributed by atoms with Crippen LogP contribution in [0.25, 0.3) is 0 Å². The van der Waals surface area contributed by atoms with Crippen LogP contribution in [0.15, 0.2) is 66.9 Å².